The summed E-state index contributed by atoms with van der Waals surface area (Å²) in [6.07, 6.45) is 2.08. The second kappa shape index (κ2) is 3.56. The first-order valence-corrected chi connectivity index (χ1v) is 5.33. The van der Waals surface area contributed by atoms with E-state index in [9.17, 15) is 0 Å². The molecule has 3 rings (SSSR count). The van der Waals surface area contributed by atoms with Gasteiger partial charge in [-0.1, -0.05) is 0 Å². The van der Waals surface area contributed by atoms with Crippen molar-refractivity contribution >= 4 is 0 Å². The molecule has 2 aliphatic heterocycles. The summed E-state index contributed by atoms with van der Waals surface area (Å²) < 4.78 is 0. The largest absolute Gasteiger partial charge is 0.393 e. The van der Waals surface area contributed by atoms with Crippen LogP contribution >= 0.6 is 0 Å². The van der Waals surface area contributed by atoms with Crippen LogP contribution in [0, 0.1) is 11.8 Å². The van der Waals surface area contributed by atoms with Gasteiger partial charge in [0.05, 0.1) is 6.10 Å². The summed E-state index contributed by atoms with van der Waals surface area (Å²) in [5.41, 5.74) is 5.97. The summed E-state index contributed by atoms with van der Waals surface area (Å²) in [7, 11) is 0. The quantitative estimate of drug-likeness (QED) is 0.651. The Labute approximate surface area is 79.9 Å². The van der Waals surface area contributed by atoms with Crippen LogP contribution in [0.1, 0.15) is 19.8 Å². The summed E-state index contributed by atoms with van der Waals surface area (Å²) >= 11 is 0. The molecule has 2 bridgehead atoms. The number of nitrogens with zero attached hydrogens (tertiary/aromatic N) is 1. The van der Waals surface area contributed by atoms with Crippen LogP contribution in [0.25, 0.3) is 0 Å². The summed E-state index contributed by atoms with van der Waals surface area (Å²) in [6.45, 7) is 5.21. The minimum Gasteiger partial charge on any atom is -0.393 e. The molecule has 3 aliphatic rings. The molecular formula is C10H20N2O. The Bertz CT molecular complexity index is 172. The number of rotatable bonds is 3. The Hall–Kier alpha value is -0.120. The van der Waals surface area contributed by atoms with Gasteiger partial charge in [-0.3, -0.25) is 0 Å². The minimum absolute atomic E-state index is 0.160. The van der Waals surface area contributed by atoms with E-state index in [2.05, 4.69) is 4.90 Å². The average Bonchev–Trinajstić information content (AvgIpc) is 2.14. The fraction of sp³-hybridized carbons (Fsp3) is 1.00. The van der Waals surface area contributed by atoms with Crippen molar-refractivity contribution in [3.63, 3.8) is 0 Å². The van der Waals surface area contributed by atoms with E-state index in [4.69, 9.17) is 10.8 Å². The van der Waals surface area contributed by atoms with Crippen molar-refractivity contribution in [1.82, 2.24) is 4.90 Å². The van der Waals surface area contributed by atoms with Crippen LogP contribution in [0.4, 0.5) is 0 Å². The van der Waals surface area contributed by atoms with Gasteiger partial charge < -0.3 is 15.7 Å². The Morgan fingerprint density at radius 2 is 2.08 bits per heavy atom. The smallest absolute Gasteiger partial charge is 0.0524 e. The Balaban J connectivity index is 1.73. The summed E-state index contributed by atoms with van der Waals surface area (Å²) in [5, 5.41) is 9.16. The summed E-state index contributed by atoms with van der Waals surface area (Å²) in [6, 6.07) is 0.475. The highest BCUT2D eigenvalue weighted by molar-refractivity contribution is 4.99. The molecule has 0 spiro atoms. The SMILES string of the molecule is CC(O)CCN1CC2CC(C1)C2N. The third kappa shape index (κ3) is 1.87. The van der Waals surface area contributed by atoms with Gasteiger partial charge in [0.15, 0.2) is 0 Å². The third-order valence-corrected chi connectivity index (χ3v) is 3.54. The highest BCUT2D eigenvalue weighted by Crippen LogP contribution is 2.38. The van der Waals surface area contributed by atoms with Crippen molar-refractivity contribution in [1.29, 1.82) is 0 Å². The van der Waals surface area contributed by atoms with Gasteiger partial charge in [0.2, 0.25) is 0 Å². The van der Waals surface area contributed by atoms with Crippen LogP contribution in [0.2, 0.25) is 0 Å². The Kier molecular flexibility index (Phi) is 2.58. The van der Waals surface area contributed by atoms with E-state index in [1.54, 1.807) is 0 Å². The number of hydrogen-bond donors (Lipinski definition) is 2. The molecule has 0 aromatic rings. The monoisotopic (exact) mass is 184 g/mol. The molecule has 3 atom stereocenters. The van der Waals surface area contributed by atoms with Crippen molar-refractivity contribution in [3.05, 3.63) is 0 Å². The number of fused-ring (bicyclic) bond motifs is 2. The first kappa shape index (κ1) is 9.44. The number of hydrogen-bond acceptors (Lipinski definition) is 3. The molecule has 3 heteroatoms. The van der Waals surface area contributed by atoms with Crippen LogP contribution in [0.5, 0.6) is 0 Å². The summed E-state index contributed by atoms with van der Waals surface area (Å²) in [5.74, 6) is 1.49. The molecule has 0 amide bonds. The fourth-order valence-electron chi connectivity index (χ4n) is 2.57. The average molecular weight is 184 g/mol. The highest BCUT2D eigenvalue weighted by atomic mass is 16.3. The van der Waals surface area contributed by atoms with Gasteiger partial charge in [-0.15, -0.1) is 0 Å². The van der Waals surface area contributed by atoms with E-state index in [0.717, 1.165) is 37.9 Å². The molecule has 1 saturated carbocycles. The summed E-state index contributed by atoms with van der Waals surface area (Å²) in [4.78, 5) is 2.45. The molecule has 3 unspecified atom stereocenters. The van der Waals surface area contributed by atoms with E-state index in [1.165, 1.54) is 6.42 Å². The Morgan fingerprint density at radius 3 is 2.54 bits per heavy atom. The van der Waals surface area contributed by atoms with Gasteiger partial charge in [-0.25, -0.2) is 0 Å². The van der Waals surface area contributed by atoms with Gasteiger partial charge in [0, 0.05) is 25.7 Å². The zero-order chi connectivity index (χ0) is 9.42. The molecule has 76 valence electrons. The minimum atomic E-state index is -0.160. The molecule has 2 heterocycles. The fourth-order valence-corrected chi connectivity index (χ4v) is 2.57. The molecule has 0 radical (unpaired) electrons. The lowest BCUT2D eigenvalue weighted by atomic mass is 9.67. The van der Waals surface area contributed by atoms with Gasteiger partial charge in [0.25, 0.3) is 0 Å². The maximum Gasteiger partial charge on any atom is 0.0524 e. The van der Waals surface area contributed by atoms with Crippen molar-refractivity contribution in [2.45, 2.75) is 31.9 Å². The molecule has 0 aromatic heterocycles. The lowest BCUT2D eigenvalue weighted by Gasteiger charge is -2.52. The molecular weight excluding hydrogens is 164 g/mol. The van der Waals surface area contributed by atoms with Gasteiger partial charge in [0.1, 0.15) is 0 Å². The first-order valence-electron chi connectivity index (χ1n) is 5.33. The van der Waals surface area contributed by atoms with Crippen molar-refractivity contribution < 1.29 is 5.11 Å². The van der Waals surface area contributed by atoms with E-state index >= 15 is 0 Å². The van der Waals surface area contributed by atoms with E-state index in [1.807, 2.05) is 6.92 Å². The number of nitrogens with two attached hydrogens (primary N) is 1. The normalized spacial score (nSPS) is 41.3. The van der Waals surface area contributed by atoms with Gasteiger partial charge in [-0.2, -0.15) is 0 Å². The molecule has 13 heavy (non-hydrogen) atoms. The molecule has 1 aliphatic carbocycles. The van der Waals surface area contributed by atoms with Crippen molar-refractivity contribution in [3.8, 4) is 0 Å². The van der Waals surface area contributed by atoms with Crippen LogP contribution in [0.15, 0.2) is 0 Å². The standard InChI is InChI=1S/C10H20N2O/c1-7(13)2-3-12-5-8-4-9(6-12)10(8)11/h7-10,13H,2-6,11H2,1H3. The topological polar surface area (TPSA) is 49.5 Å². The predicted molar refractivity (Wildman–Crippen MR) is 52.3 cm³/mol. The third-order valence-electron chi connectivity index (χ3n) is 3.54. The number of piperidine rings is 2. The molecule has 3 nitrogen and oxygen atoms in total. The van der Waals surface area contributed by atoms with Gasteiger partial charge in [-0.05, 0) is 31.6 Å². The second-order valence-electron chi connectivity index (χ2n) is 4.73. The van der Waals surface area contributed by atoms with Crippen LogP contribution in [-0.2, 0) is 0 Å². The zero-order valence-electron chi connectivity index (χ0n) is 8.32. The Morgan fingerprint density at radius 1 is 1.46 bits per heavy atom. The zero-order valence-corrected chi connectivity index (χ0v) is 8.32. The number of aliphatic hydroxyl groups is 1. The highest BCUT2D eigenvalue weighted by Gasteiger charge is 2.43. The maximum atomic E-state index is 9.16. The maximum absolute atomic E-state index is 9.16. The molecule has 3 fully saturated rings. The molecule has 3 N–H and O–H groups in total. The van der Waals surface area contributed by atoms with Crippen molar-refractivity contribution in [2.24, 2.45) is 17.6 Å². The lowest BCUT2D eigenvalue weighted by Crippen LogP contribution is -2.62. The predicted octanol–water partition coefficient (Wildman–Crippen LogP) is 0.0363. The van der Waals surface area contributed by atoms with E-state index in [-0.39, 0.29) is 6.10 Å². The van der Waals surface area contributed by atoms with E-state index in [0.29, 0.717) is 6.04 Å². The van der Waals surface area contributed by atoms with Crippen molar-refractivity contribution in [2.75, 3.05) is 19.6 Å². The second-order valence-corrected chi connectivity index (χ2v) is 4.73. The lowest BCUT2D eigenvalue weighted by molar-refractivity contribution is -0.00260. The number of aliphatic hydroxyl groups excluding tert-OH is 1. The van der Waals surface area contributed by atoms with E-state index < -0.39 is 0 Å². The van der Waals surface area contributed by atoms with Crippen LogP contribution < -0.4 is 5.73 Å². The first-order chi connectivity index (χ1) is 6.16. The molecule has 2 saturated heterocycles. The van der Waals surface area contributed by atoms with Crippen LogP contribution in [0.3, 0.4) is 0 Å². The van der Waals surface area contributed by atoms with Crippen LogP contribution in [-0.4, -0.2) is 41.8 Å². The molecule has 0 aromatic carbocycles. The van der Waals surface area contributed by atoms with Gasteiger partial charge >= 0.3 is 0 Å².